The molecule has 3 aromatic rings. The lowest BCUT2D eigenvalue weighted by Gasteiger charge is -2.12. The number of anilines is 1. The summed E-state index contributed by atoms with van der Waals surface area (Å²) in [4.78, 5) is 25.6. The molecule has 0 aromatic heterocycles. The van der Waals surface area contributed by atoms with E-state index < -0.39 is 21.8 Å². The molecule has 0 atom stereocenters. The van der Waals surface area contributed by atoms with Crippen LogP contribution >= 0.6 is 27.5 Å². The van der Waals surface area contributed by atoms with Gasteiger partial charge in [0.05, 0.1) is 15.5 Å². The standard InChI is InChI=1S/C22H17BrClN3O4S/c23-15-7-5-14(6-8-15)13-20(27-21(28)18-3-1-2-4-19(18)24)22(29)26-16-9-11-17(12-10-16)32(25,30)31/h1-13H,(H,26,29)(H,27,28)(H2,25,30,31). The molecular weight excluding hydrogens is 518 g/mol. The van der Waals surface area contributed by atoms with E-state index in [1.54, 1.807) is 48.5 Å². The Kier molecular flexibility index (Phi) is 7.47. The van der Waals surface area contributed by atoms with E-state index in [1.807, 2.05) is 0 Å². The van der Waals surface area contributed by atoms with Crippen LogP contribution in [-0.2, 0) is 14.8 Å². The summed E-state index contributed by atoms with van der Waals surface area (Å²) in [6.45, 7) is 0. The number of carbonyl (C=O) groups excluding carboxylic acids is 2. The zero-order valence-corrected chi connectivity index (χ0v) is 19.5. The molecule has 7 nitrogen and oxygen atoms in total. The highest BCUT2D eigenvalue weighted by atomic mass is 79.9. The van der Waals surface area contributed by atoms with Gasteiger partial charge in [-0.15, -0.1) is 0 Å². The largest absolute Gasteiger partial charge is 0.321 e. The molecule has 32 heavy (non-hydrogen) atoms. The third-order valence-electron chi connectivity index (χ3n) is 4.23. The van der Waals surface area contributed by atoms with Gasteiger partial charge in [-0.1, -0.05) is 51.8 Å². The molecule has 3 aromatic carbocycles. The predicted octanol–water partition coefficient (Wildman–Crippen LogP) is 4.16. The maximum absolute atomic E-state index is 12.9. The molecule has 4 N–H and O–H groups in total. The molecule has 3 rings (SSSR count). The van der Waals surface area contributed by atoms with Crippen molar-refractivity contribution >= 4 is 61.1 Å². The Bertz CT molecular complexity index is 1290. The Morgan fingerprint density at radius 3 is 2.16 bits per heavy atom. The van der Waals surface area contributed by atoms with Gasteiger partial charge >= 0.3 is 0 Å². The van der Waals surface area contributed by atoms with Gasteiger partial charge in [-0.25, -0.2) is 13.6 Å². The van der Waals surface area contributed by atoms with Crippen molar-refractivity contribution in [2.45, 2.75) is 4.90 Å². The molecule has 0 radical (unpaired) electrons. The van der Waals surface area contributed by atoms with Crippen LogP contribution in [0, 0.1) is 0 Å². The van der Waals surface area contributed by atoms with E-state index in [9.17, 15) is 18.0 Å². The van der Waals surface area contributed by atoms with Crippen molar-refractivity contribution < 1.29 is 18.0 Å². The first-order chi connectivity index (χ1) is 15.1. The summed E-state index contributed by atoms with van der Waals surface area (Å²) < 4.78 is 23.7. The lowest BCUT2D eigenvalue weighted by molar-refractivity contribution is -0.113. The summed E-state index contributed by atoms with van der Waals surface area (Å²) in [5, 5.41) is 10.5. The molecular formula is C22H17BrClN3O4S. The Morgan fingerprint density at radius 2 is 1.56 bits per heavy atom. The molecule has 2 amide bonds. The highest BCUT2D eigenvalue weighted by Crippen LogP contribution is 2.18. The number of sulfonamides is 1. The molecule has 0 saturated heterocycles. The smallest absolute Gasteiger partial charge is 0.272 e. The molecule has 0 aliphatic rings. The van der Waals surface area contributed by atoms with Crippen molar-refractivity contribution in [1.82, 2.24) is 5.32 Å². The van der Waals surface area contributed by atoms with Crippen molar-refractivity contribution in [2.24, 2.45) is 5.14 Å². The quantitative estimate of drug-likeness (QED) is 0.412. The maximum Gasteiger partial charge on any atom is 0.272 e. The van der Waals surface area contributed by atoms with Crippen molar-refractivity contribution in [3.8, 4) is 0 Å². The van der Waals surface area contributed by atoms with Crippen LogP contribution in [0.15, 0.2) is 87.9 Å². The van der Waals surface area contributed by atoms with E-state index in [1.165, 1.54) is 30.3 Å². The summed E-state index contributed by atoms with van der Waals surface area (Å²) in [5.74, 6) is -1.17. The Labute approximate surface area is 198 Å². The fourth-order valence-electron chi connectivity index (χ4n) is 2.65. The average molecular weight is 535 g/mol. The lowest BCUT2D eigenvalue weighted by atomic mass is 10.1. The average Bonchev–Trinajstić information content (AvgIpc) is 2.74. The third kappa shape index (κ3) is 6.27. The van der Waals surface area contributed by atoms with Crippen LogP contribution in [-0.4, -0.2) is 20.2 Å². The number of hydrogen-bond donors (Lipinski definition) is 3. The van der Waals surface area contributed by atoms with Crippen molar-refractivity contribution in [2.75, 3.05) is 5.32 Å². The first kappa shape index (κ1) is 23.7. The van der Waals surface area contributed by atoms with Gasteiger partial charge in [0.15, 0.2) is 0 Å². The molecule has 0 aliphatic heterocycles. The molecule has 0 saturated carbocycles. The number of rotatable bonds is 6. The lowest BCUT2D eigenvalue weighted by Crippen LogP contribution is -2.31. The normalized spacial score (nSPS) is 11.7. The predicted molar refractivity (Wildman–Crippen MR) is 127 cm³/mol. The van der Waals surface area contributed by atoms with Crippen LogP contribution in [0.3, 0.4) is 0 Å². The number of hydrogen-bond acceptors (Lipinski definition) is 4. The van der Waals surface area contributed by atoms with E-state index in [4.69, 9.17) is 16.7 Å². The minimum Gasteiger partial charge on any atom is -0.321 e. The summed E-state index contributed by atoms with van der Waals surface area (Å²) in [7, 11) is -3.86. The van der Waals surface area contributed by atoms with E-state index in [0.29, 0.717) is 11.3 Å². The first-order valence-corrected chi connectivity index (χ1v) is 11.8. The summed E-state index contributed by atoms with van der Waals surface area (Å²) in [6, 6.07) is 18.9. The van der Waals surface area contributed by atoms with Crippen molar-refractivity contribution in [3.05, 3.63) is 99.1 Å². The molecule has 164 valence electrons. The fourth-order valence-corrected chi connectivity index (χ4v) is 3.65. The van der Waals surface area contributed by atoms with Gasteiger partial charge in [0, 0.05) is 10.2 Å². The zero-order valence-electron chi connectivity index (χ0n) is 16.4. The number of amides is 2. The van der Waals surface area contributed by atoms with Crippen molar-refractivity contribution in [1.29, 1.82) is 0 Å². The highest BCUT2D eigenvalue weighted by molar-refractivity contribution is 9.10. The minimum absolute atomic E-state index is 0.0345. The van der Waals surface area contributed by atoms with Crippen LogP contribution < -0.4 is 15.8 Å². The van der Waals surface area contributed by atoms with E-state index in [-0.39, 0.29) is 21.2 Å². The molecule has 10 heteroatoms. The van der Waals surface area contributed by atoms with Gasteiger partial charge < -0.3 is 10.6 Å². The SMILES string of the molecule is NS(=O)(=O)c1ccc(NC(=O)C(=Cc2ccc(Br)cc2)NC(=O)c2ccccc2Cl)cc1. The second-order valence-corrected chi connectivity index (χ2v) is 9.45. The number of halogens is 2. The summed E-state index contributed by atoms with van der Waals surface area (Å²) in [5.41, 5.74) is 1.16. The van der Waals surface area contributed by atoms with E-state index in [0.717, 1.165) is 4.47 Å². The monoisotopic (exact) mass is 533 g/mol. The minimum atomic E-state index is -3.86. The molecule has 0 heterocycles. The Morgan fingerprint density at radius 1 is 0.938 bits per heavy atom. The molecule has 0 spiro atoms. The van der Waals surface area contributed by atoms with E-state index in [2.05, 4.69) is 26.6 Å². The topological polar surface area (TPSA) is 118 Å². The fraction of sp³-hybridized carbons (Fsp3) is 0. The second-order valence-electron chi connectivity index (χ2n) is 6.57. The number of benzene rings is 3. The highest BCUT2D eigenvalue weighted by Gasteiger charge is 2.17. The third-order valence-corrected chi connectivity index (χ3v) is 6.02. The number of nitrogens with one attached hydrogen (secondary N) is 2. The molecule has 0 aliphatic carbocycles. The van der Waals surface area contributed by atoms with Gasteiger partial charge in [0.1, 0.15) is 5.70 Å². The second kappa shape index (κ2) is 10.1. The first-order valence-electron chi connectivity index (χ1n) is 9.11. The van der Waals surface area contributed by atoms with Crippen LogP contribution in [0.4, 0.5) is 5.69 Å². The summed E-state index contributed by atoms with van der Waals surface area (Å²) >= 11 is 9.44. The van der Waals surface area contributed by atoms with Crippen LogP contribution in [0.1, 0.15) is 15.9 Å². The number of carbonyl (C=O) groups is 2. The van der Waals surface area contributed by atoms with Gasteiger partial charge in [-0.2, -0.15) is 0 Å². The van der Waals surface area contributed by atoms with Gasteiger partial charge in [0.2, 0.25) is 10.0 Å². The van der Waals surface area contributed by atoms with Crippen LogP contribution in [0.5, 0.6) is 0 Å². The molecule has 0 bridgehead atoms. The van der Waals surface area contributed by atoms with Gasteiger partial charge in [-0.3, -0.25) is 9.59 Å². The number of primary sulfonamides is 1. The Balaban J connectivity index is 1.89. The van der Waals surface area contributed by atoms with Crippen molar-refractivity contribution in [3.63, 3.8) is 0 Å². The van der Waals surface area contributed by atoms with Gasteiger partial charge in [-0.05, 0) is 60.2 Å². The van der Waals surface area contributed by atoms with Gasteiger partial charge in [0.25, 0.3) is 11.8 Å². The van der Waals surface area contributed by atoms with Crippen LogP contribution in [0.25, 0.3) is 6.08 Å². The molecule has 0 fully saturated rings. The van der Waals surface area contributed by atoms with E-state index >= 15 is 0 Å². The zero-order chi connectivity index (χ0) is 23.3. The maximum atomic E-state index is 12.9. The van der Waals surface area contributed by atoms with Crippen LogP contribution in [0.2, 0.25) is 5.02 Å². The molecule has 0 unspecified atom stereocenters. The summed E-state index contributed by atoms with van der Waals surface area (Å²) in [6.07, 6.45) is 1.51. The number of nitrogens with two attached hydrogens (primary N) is 1. The Hall–Kier alpha value is -2.98.